The first-order valence-corrected chi connectivity index (χ1v) is 21.0. The van der Waals surface area contributed by atoms with Crippen molar-refractivity contribution in [3.63, 3.8) is 0 Å². The van der Waals surface area contributed by atoms with Crippen molar-refractivity contribution in [3.8, 4) is 0 Å². The molecule has 3 saturated heterocycles. The minimum Gasteiger partial charge on any atom is -0.459 e. The molecule has 1 spiro atoms. The number of amides is 2. The van der Waals surface area contributed by atoms with E-state index in [4.69, 9.17) is 23.7 Å². The van der Waals surface area contributed by atoms with E-state index < -0.39 is 66.2 Å². The standard InChI is InChI=1S/C42H62N2O13/c1-21(2)41-17-28(41)36-42(57-36)39(5)13-12-26-27(19-53-37(26)52)29(39)20-54-40(42,6)38(41)56-32(49)11-10-25(47)15-24(9-7-8-14-43-23(4)46)16-31(48)44-33-22(3)55-30(18-45)34(50)35(33)51/h21-22,24,28-30,33-36,38,45,50-51H,7-20H2,1-6H3,(H,43,46)(H,44,48)/t22?,24-,28+,29?,30-,33+,34-,35-,36+,38+,39+,40-,41-,42-/m1/s1. The van der Waals surface area contributed by atoms with E-state index in [1.165, 1.54) is 6.92 Å². The van der Waals surface area contributed by atoms with Gasteiger partial charge in [0.25, 0.3) is 0 Å². The Kier molecular flexibility index (Phi) is 11.5. The zero-order valence-corrected chi connectivity index (χ0v) is 34.2. The molecule has 5 N–H and O–H groups in total. The molecule has 2 amide bonds. The van der Waals surface area contributed by atoms with Crippen LogP contribution in [0, 0.1) is 34.5 Å². The van der Waals surface area contributed by atoms with Crippen LogP contribution in [0.1, 0.15) is 106 Å². The number of ketones is 1. The van der Waals surface area contributed by atoms with Crippen LogP contribution in [0.3, 0.4) is 0 Å². The Labute approximate surface area is 334 Å². The van der Waals surface area contributed by atoms with E-state index in [1.807, 2.05) is 6.92 Å². The molecule has 14 atom stereocenters. The molecule has 4 heterocycles. The van der Waals surface area contributed by atoms with Crippen molar-refractivity contribution in [1.82, 2.24) is 10.6 Å². The smallest absolute Gasteiger partial charge is 0.334 e. The quantitative estimate of drug-likeness (QED) is 0.0856. The van der Waals surface area contributed by atoms with Crippen LogP contribution in [-0.2, 0) is 47.7 Å². The number of rotatable bonds is 16. The molecule has 2 saturated carbocycles. The van der Waals surface area contributed by atoms with Crippen LogP contribution in [0.15, 0.2) is 11.1 Å². The number of fused-ring (bicyclic) bond motifs is 4. The maximum Gasteiger partial charge on any atom is 0.334 e. The second kappa shape index (κ2) is 15.6. The summed E-state index contributed by atoms with van der Waals surface area (Å²) in [4.78, 5) is 64.5. The van der Waals surface area contributed by atoms with Crippen LogP contribution in [0.4, 0.5) is 0 Å². The van der Waals surface area contributed by atoms with E-state index in [0.29, 0.717) is 38.8 Å². The zero-order chi connectivity index (χ0) is 41.2. The number of epoxide rings is 1. The van der Waals surface area contributed by atoms with Gasteiger partial charge < -0.3 is 49.6 Å². The number of nitrogens with one attached hydrogen (secondary N) is 2. The monoisotopic (exact) mass is 802 g/mol. The van der Waals surface area contributed by atoms with Crippen molar-refractivity contribution in [2.75, 3.05) is 26.4 Å². The van der Waals surface area contributed by atoms with Gasteiger partial charge in [0.15, 0.2) is 0 Å². The lowest BCUT2D eigenvalue weighted by molar-refractivity contribution is -0.265. The number of unbranched alkanes of at least 4 members (excludes halogenated alkanes) is 1. The molecule has 0 aromatic rings. The van der Waals surface area contributed by atoms with Crippen molar-refractivity contribution < 1.29 is 63.0 Å². The molecule has 0 aromatic carbocycles. The van der Waals surface area contributed by atoms with Crippen molar-refractivity contribution in [3.05, 3.63) is 11.1 Å². The summed E-state index contributed by atoms with van der Waals surface area (Å²) in [7, 11) is 0. The predicted molar refractivity (Wildman–Crippen MR) is 201 cm³/mol. The molecule has 2 unspecified atom stereocenters. The Morgan fingerprint density at radius 2 is 1.81 bits per heavy atom. The number of hydrogen-bond acceptors (Lipinski definition) is 13. The largest absolute Gasteiger partial charge is 0.459 e. The Hall–Kier alpha value is -2.95. The lowest BCUT2D eigenvalue weighted by Gasteiger charge is -2.61. The van der Waals surface area contributed by atoms with Gasteiger partial charge in [-0.05, 0) is 69.3 Å². The molecule has 7 rings (SSSR count). The highest BCUT2D eigenvalue weighted by molar-refractivity contribution is 5.92. The number of carbonyl (C=O) groups excluding carboxylic acids is 5. The third kappa shape index (κ3) is 6.95. The van der Waals surface area contributed by atoms with Crippen LogP contribution in [0.25, 0.3) is 0 Å². The zero-order valence-electron chi connectivity index (χ0n) is 34.2. The normalized spacial score (nSPS) is 41.7. The molecule has 15 heteroatoms. The van der Waals surface area contributed by atoms with Gasteiger partial charge in [-0.3, -0.25) is 19.2 Å². The van der Waals surface area contributed by atoms with E-state index in [1.54, 1.807) is 6.92 Å². The van der Waals surface area contributed by atoms with Crippen molar-refractivity contribution in [1.29, 1.82) is 0 Å². The van der Waals surface area contributed by atoms with Crippen molar-refractivity contribution in [2.24, 2.45) is 34.5 Å². The fourth-order valence-corrected chi connectivity index (χ4v) is 12.0. The van der Waals surface area contributed by atoms with Crippen molar-refractivity contribution >= 4 is 29.5 Å². The number of ether oxygens (including phenoxy) is 5. The number of esters is 2. The molecule has 0 aromatic heterocycles. The van der Waals surface area contributed by atoms with Gasteiger partial charge in [-0.25, -0.2) is 4.79 Å². The third-order valence-corrected chi connectivity index (χ3v) is 15.2. The van der Waals surface area contributed by atoms with Crippen LogP contribution >= 0.6 is 0 Å². The van der Waals surface area contributed by atoms with Crippen LogP contribution < -0.4 is 10.6 Å². The fraction of sp³-hybridized carbons (Fsp3) is 0.833. The minimum atomic E-state index is -1.39. The minimum absolute atomic E-state index is 0.0382. The molecule has 15 nitrogen and oxygen atoms in total. The maximum atomic E-state index is 13.8. The molecule has 5 fully saturated rings. The van der Waals surface area contributed by atoms with Gasteiger partial charge in [0.05, 0.1) is 37.9 Å². The Bertz CT molecular complexity index is 1670. The Balaban J connectivity index is 0.997. The summed E-state index contributed by atoms with van der Waals surface area (Å²) in [5, 5.41) is 36.0. The SMILES string of the molecule is CC(=O)NCCCC[C@H](CC(=O)CCC(=O)O[C@@H]1[C@@]2(C(C)C)C[C@H]2[C@@H]2O[C@@]23[C@@]2(C)CCC4=C(COC4=O)C2CO[C@]13C)CC(=O)N[C@H]1C(C)O[C@H](CO)[C@@H](O)[C@@H]1O. The number of hydrogen-bond donors (Lipinski definition) is 5. The molecular formula is C42H62N2O13. The first kappa shape index (κ1) is 42.2. The molecule has 0 radical (unpaired) electrons. The summed E-state index contributed by atoms with van der Waals surface area (Å²) in [5.41, 5.74) is -0.543. The lowest BCUT2D eigenvalue weighted by atomic mass is 9.49. The first-order valence-electron chi connectivity index (χ1n) is 21.0. The summed E-state index contributed by atoms with van der Waals surface area (Å²) < 4.78 is 31.3. The van der Waals surface area contributed by atoms with E-state index in [9.17, 15) is 39.3 Å². The average Bonchev–Trinajstić information content (AvgIpc) is 4.06. The predicted octanol–water partition coefficient (Wildman–Crippen LogP) is 1.81. The van der Waals surface area contributed by atoms with E-state index in [2.05, 4.69) is 31.4 Å². The summed E-state index contributed by atoms with van der Waals surface area (Å²) in [6.07, 6.45) is -1.24. The van der Waals surface area contributed by atoms with Crippen LogP contribution in [-0.4, -0.2) is 125 Å². The second-order valence-corrected chi connectivity index (χ2v) is 18.6. The fourth-order valence-electron chi connectivity index (χ4n) is 12.0. The maximum absolute atomic E-state index is 13.8. The molecular weight excluding hydrogens is 740 g/mol. The number of aliphatic hydroxyl groups excluding tert-OH is 3. The van der Waals surface area contributed by atoms with Crippen LogP contribution in [0.2, 0.25) is 0 Å². The van der Waals surface area contributed by atoms with Gasteiger partial charge in [0, 0.05) is 55.1 Å². The van der Waals surface area contributed by atoms with E-state index >= 15 is 0 Å². The number of aliphatic hydroxyl groups is 3. The number of Topliss-reactive ketones (excluding diaryl/α,β-unsaturated/α-hetero) is 1. The van der Waals surface area contributed by atoms with Gasteiger partial charge >= 0.3 is 11.9 Å². The van der Waals surface area contributed by atoms with E-state index in [0.717, 1.165) is 24.0 Å². The summed E-state index contributed by atoms with van der Waals surface area (Å²) >= 11 is 0. The summed E-state index contributed by atoms with van der Waals surface area (Å²) in [6, 6.07) is -0.922. The van der Waals surface area contributed by atoms with Crippen LogP contribution in [0.5, 0.6) is 0 Å². The topological polar surface area (TPSA) is 220 Å². The highest BCUT2D eigenvalue weighted by Crippen LogP contribution is 2.82. The van der Waals surface area contributed by atoms with Gasteiger partial charge in [0.1, 0.15) is 48.0 Å². The number of carbonyl (C=O) groups is 5. The second-order valence-electron chi connectivity index (χ2n) is 18.6. The molecule has 3 aliphatic carbocycles. The number of cyclic esters (lactones) is 1. The average molecular weight is 803 g/mol. The van der Waals surface area contributed by atoms with E-state index in [-0.39, 0.29) is 90.6 Å². The first-order chi connectivity index (χ1) is 26.9. The Morgan fingerprint density at radius 1 is 1.05 bits per heavy atom. The summed E-state index contributed by atoms with van der Waals surface area (Å²) in [6.45, 7) is 12.3. The third-order valence-electron chi connectivity index (χ3n) is 15.2. The highest BCUT2D eigenvalue weighted by atomic mass is 16.7. The summed E-state index contributed by atoms with van der Waals surface area (Å²) in [5.74, 6) is -1.54. The molecule has 57 heavy (non-hydrogen) atoms. The Morgan fingerprint density at radius 3 is 2.51 bits per heavy atom. The highest BCUT2D eigenvalue weighted by Gasteiger charge is 2.93. The molecule has 318 valence electrons. The van der Waals surface area contributed by atoms with Gasteiger partial charge in [0.2, 0.25) is 11.8 Å². The van der Waals surface area contributed by atoms with Crippen molar-refractivity contribution in [2.45, 2.75) is 160 Å². The van der Waals surface area contributed by atoms with Gasteiger partial charge in [-0.2, -0.15) is 0 Å². The lowest BCUT2D eigenvalue weighted by Crippen LogP contribution is -2.73. The molecule has 7 aliphatic rings. The molecule has 0 bridgehead atoms. The van der Waals surface area contributed by atoms with Gasteiger partial charge in [-0.15, -0.1) is 0 Å². The molecule has 4 aliphatic heterocycles. The van der Waals surface area contributed by atoms with Gasteiger partial charge in [-0.1, -0.05) is 27.2 Å².